The topological polar surface area (TPSA) is 59.7 Å². The van der Waals surface area contributed by atoms with Gasteiger partial charge >= 0.3 is 33.9 Å². The molecule has 1 aromatic rings. The Labute approximate surface area is 85.6 Å². The summed E-state index contributed by atoms with van der Waals surface area (Å²) in [5, 5.41) is 0. The van der Waals surface area contributed by atoms with Gasteiger partial charge in [-0.3, -0.25) is 0 Å². The van der Waals surface area contributed by atoms with Crippen molar-refractivity contribution in [2.45, 2.75) is 0 Å². The van der Waals surface area contributed by atoms with Gasteiger partial charge in [0.1, 0.15) is 0 Å². The summed E-state index contributed by atoms with van der Waals surface area (Å²) in [5.74, 6) is 0. The third-order valence-corrected chi connectivity index (χ3v) is 0.556. The molecule has 1 aromatic carbocycles. The van der Waals surface area contributed by atoms with Gasteiger partial charge in [-0.25, -0.2) is 12.1 Å². The SMILES string of the molecule is [C-]#[O+].[C-]#[O+].[C-]#[O+].[Mo].c1cc[cH-]c1. The van der Waals surface area contributed by atoms with E-state index in [1.807, 2.05) is 30.3 Å². The number of hydrogen-bond donors (Lipinski definition) is 0. The largest absolute Gasteiger partial charge is 0.214 e. The van der Waals surface area contributed by atoms with E-state index in [-0.39, 0.29) is 21.1 Å². The molecule has 0 saturated heterocycles. The second kappa shape index (κ2) is 48.5. The molecular weight excluding hydrogens is 240 g/mol. The van der Waals surface area contributed by atoms with Gasteiger partial charge in [0.15, 0.2) is 0 Å². The molecule has 0 aromatic heterocycles. The first kappa shape index (κ1) is 22.5. The summed E-state index contributed by atoms with van der Waals surface area (Å²) >= 11 is 0. The van der Waals surface area contributed by atoms with Crippen molar-refractivity contribution in [1.29, 1.82) is 0 Å². The van der Waals surface area contributed by atoms with Crippen LogP contribution in [0.1, 0.15) is 0 Å². The Balaban J connectivity index is -0.0000000406. The summed E-state index contributed by atoms with van der Waals surface area (Å²) in [6.45, 7) is 13.5. The fraction of sp³-hybridized carbons (Fsp3) is 0. The average molecular weight is 245 g/mol. The molecule has 0 radical (unpaired) electrons. The Morgan fingerprint density at radius 1 is 0.750 bits per heavy atom. The van der Waals surface area contributed by atoms with Crippen LogP contribution in [-0.2, 0) is 35.0 Å². The van der Waals surface area contributed by atoms with Crippen LogP contribution in [0.15, 0.2) is 30.3 Å². The Bertz CT molecular complexity index is 142. The Morgan fingerprint density at radius 3 is 1.08 bits per heavy atom. The predicted octanol–water partition coefficient (Wildman–Crippen LogP) is 1.29. The first-order chi connectivity index (χ1) is 5.50. The molecule has 0 atom stereocenters. The Morgan fingerprint density at radius 2 is 1.00 bits per heavy atom. The van der Waals surface area contributed by atoms with E-state index in [1.54, 1.807) is 0 Å². The van der Waals surface area contributed by atoms with E-state index in [0.717, 1.165) is 0 Å². The normalized spacial score (nSPS) is 3.83. The molecule has 4 heteroatoms. The second-order valence-corrected chi connectivity index (χ2v) is 0.962. The van der Waals surface area contributed by atoms with E-state index < -0.39 is 0 Å². The minimum atomic E-state index is 0. The zero-order valence-corrected chi connectivity index (χ0v) is 8.03. The summed E-state index contributed by atoms with van der Waals surface area (Å²) in [7, 11) is 0. The predicted molar refractivity (Wildman–Crippen MR) is 33.8 cm³/mol. The van der Waals surface area contributed by atoms with Crippen molar-refractivity contribution in [2.24, 2.45) is 0 Å². The molecule has 3 nitrogen and oxygen atoms in total. The van der Waals surface area contributed by atoms with Crippen molar-refractivity contribution < 1.29 is 35.0 Å². The molecule has 12 heavy (non-hydrogen) atoms. The molecule has 0 bridgehead atoms. The summed E-state index contributed by atoms with van der Waals surface area (Å²) in [5.41, 5.74) is 0. The molecule has 0 unspecified atom stereocenters. The van der Waals surface area contributed by atoms with Crippen molar-refractivity contribution >= 4 is 0 Å². The molecule has 0 N–H and O–H groups in total. The van der Waals surface area contributed by atoms with Crippen molar-refractivity contribution in [3.63, 3.8) is 0 Å². The maximum absolute atomic E-state index is 7.50. The summed E-state index contributed by atoms with van der Waals surface area (Å²) in [6.07, 6.45) is 0. The van der Waals surface area contributed by atoms with Gasteiger partial charge in [0.25, 0.3) is 0 Å². The van der Waals surface area contributed by atoms with Gasteiger partial charge in [-0.2, -0.15) is 18.2 Å². The zero-order valence-electron chi connectivity index (χ0n) is 6.02. The van der Waals surface area contributed by atoms with Crippen molar-refractivity contribution in [1.82, 2.24) is 0 Å². The quantitative estimate of drug-likeness (QED) is 0.375. The van der Waals surface area contributed by atoms with E-state index in [9.17, 15) is 0 Å². The van der Waals surface area contributed by atoms with Crippen LogP contribution in [0, 0.1) is 20.0 Å². The molecule has 0 aliphatic carbocycles. The van der Waals surface area contributed by atoms with Gasteiger partial charge in [0.2, 0.25) is 0 Å². The van der Waals surface area contributed by atoms with Gasteiger partial charge in [0.05, 0.1) is 0 Å². The molecule has 1 rings (SSSR count). The van der Waals surface area contributed by atoms with E-state index in [4.69, 9.17) is 14.0 Å². The molecule has 0 fully saturated rings. The molecule has 62 valence electrons. The monoisotopic (exact) mass is 247 g/mol. The third-order valence-electron chi connectivity index (χ3n) is 0.556. The summed E-state index contributed by atoms with van der Waals surface area (Å²) < 4.78 is 22.5. The smallest absolute Gasteiger partial charge is 0 e. The van der Waals surface area contributed by atoms with Gasteiger partial charge in [-0.15, -0.1) is 0 Å². The van der Waals surface area contributed by atoms with E-state index in [1.165, 1.54) is 0 Å². The van der Waals surface area contributed by atoms with Gasteiger partial charge < -0.3 is 0 Å². The molecule has 0 spiro atoms. The molecule has 0 heterocycles. The van der Waals surface area contributed by atoms with Crippen molar-refractivity contribution in [2.75, 3.05) is 0 Å². The van der Waals surface area contributed by atoms with Gasteiger partial charge in [-0.1, -0.05) is 0 Å². The van der Waals surface area contributed by atoms with Gasteiger partial charge in [0, 0.05) is 21.1 Å². The van der Waals surface area contributed by atoms with Crippen LogP contribution in [0.25, 0.3) is 0 Å². The Kier molecular flexibility index (Phi) is 90.9. The molecule has 0 saturated carbocycles. The maximum atomic E-state index is 7.50. The van der Waals surface area contributed by atoms with Crippen molar-refractivity contribution in [3.05, 3.63) is 50.3 Å². The minimum Gasteiger partial charge on any atom is -0.214 e. The third kappa shape index (κ3) is 34.8. The van der Waals surface area contributed by atoms with Crippen LogP contribution >= 0.6 is 0 Å². The molecule has 0 aliphatic rings. The minimum absolute atomic E-state index is 0. The van der Waals surface area contributed by atoms with Crippen LogP contribution in [0.5, 0.6) is 0 Å². The Hall–Kier alpha value is -0.742. The molecular formula is C8H5MoO3-. The van der Waals surface area contributed by atoms with Crippen LogP contribution in [0.4, 0.5) is 0 Å². The summed E-state index contributed by atoms with van der Waals surface area (Å²) in [4.78, 5) is 0. The zero-order chi connectivity index (χ0) is 9.54. The maximum Gasteiger partial charge on any atom is 0 e. The van der Waals surface area contributed by atoms with E-state index in [2.05, 4.69) is 20.0 Å². The molecule has 0 amide bonds. The number of rotatable bonds is 0. The van der Waals surface area contributed by atoms with E-state index in [0.29, 0.717) is 0 Å². The fourth-order valence-corrected chi connectivity index (χ4v) is 0.321. The van der Waals surface area contributed by atoms with Crippen LogP contribution in [0.3, 0.4) is 0 Å². The fourth-order valence-electron chi connectivity index (χ4n) is 0.321. The van der Waals surface area contributed by atoms with E-state index >= 15 is 0 Å². The molecule has 0 aliphatic heterocycles. The first-order valence-corrected chi connectivity index (χ1v) is 2.28. The first-order valence-electron chi connectivity index (χ1n) is 2.28. The van der Waals surface area contributed by atoms with Crippen LogP contribution in [0.2, 0.25) is 0 Å². The van der Waals surface area contributed by atoms with Crippen LogP contribution < -0.4 is 0 Å². The van der Waals surface area contributed by atoms with Crippen molar-refractivity contribution in [3.8, 4) is 0 Å². The average Bonchev–Trinajstić information content (AvgIpc) is 2.71. The van der Waals surface area contributed by atoms with Gasteiger partial charge in [-0.05, 0) is 0 Å². The van der Waals surface area contributed by atoms with Crippen LogP contribution in [-0.4, -0.2) is 0 Å². The standard InChI is InChI=1S/C5H5.3CO.Mo/c1-2-4-5-3-1;3*1-2;/h1-5H;;;;/q-1;;;;. The number of hydrogen-bond acceptors (Lipinski definition) is 0. The second-order valence-electron chi connectivity index (χ2n) is 0.962. The summed E-state index contributed by atoms with van der Waals surface area (Å²) in [6, 6.07) is 10.0.